The number of alkyl carbamates (subject to hydrolysis) is 1. The van der Waals surface area contributed by atoms with E-state index < -0.39 is 71.2 Å². The summed E-state index contributed by atoms with van der Waals surface area (Å²) < 4.78 is 5.39. The van der Waals surface area contributed by atoms with Gasteiger partial charge in [0, 0.05) is 13.1 Å². The van der Waals surface area contributed by atoms with Gasteiger partial charge in [-0.3, -0.25) is 24.0 Å². The Labute approximate surface area is 249 Å². The van der Waals surface area contributed by atoms with Crippen molar-refractivity contribution in [2.24, 2.45) is 22.7 Å². The number of nitrogens with one attached hydrogen (secondary N) is 4. The fourth-order valence-corrected chi connectivity index (χ4v) is 5.52. The highest BCUT2D eigenvalue weighted by Crippen LogP contribution is 2.65. The average molecular weight is 592 g/mol. The quantitative estimate of drug-likeness (QED) is 0.198. The Morgan fingerprint density at radius 3 is 2.17 bits per heavy atom. The zero-order valence-electron chi connectivity index (χ0n) is 26.5. The molecule has 0 radical (unpaired) electrons. The van der Waals surface area contributed by atoms with Crippen molar-refractivity contribution >= 4 is 35.5 Å². The van der Waals surface area contributed by atoms with Crippen molar-refractivity contribution in [2.75, 3.05) is 19.6 Å². The van der Waals surface area contributed by atoms with E-state index in [1.807, 2.05) is 41.5 Å². The first-order valence-corrected chi connectivity index (χ1v) is 14.6. The molecule has 5 atom stereocenters. The summed E-state index contributed by atoms with van der Waals surface area (Å²) in [5, 5.41) is 10.2. The third-order valence-electron chi connectivity index (χ3n) is 7.82. The van der Waals surface area contributed by atoms with Crippen LogP contribution in [0.1, 0.15) is 75.2 Å². The molecule has 1 saturated carbocycles. The van der Waals surface area contributed by atoms with Gasteiger partial charge >= 0.3 is 6.09 Å². The molecule has 236 valence electrons. The van der Waals surface area contributed by atoms with E-state index in [4.69, 9.17) is 4.74 Å². The van der Waals surface area contributed by atoms with Gasteiger partial charge in [0.25, 0.3) is 5.91 Å². The Kier molecular flexibility index (Phi) is 11.0. The molecule has 2 unspecified atom stereocenters. The Morgan fingerprint density at radius 2 is 1.64 bits per heavy atom. The summed E-state index contributed by atoms with van der Waals surface area (Å²) in [6.45, 7) is 20.1. The average Bonchev–Trinajstić information content (AvgIpc) is 3.19. The second-order valence-corrected chi connectivity index (χ2v) is 13.8. The SMILES string of the molecule is C=CCNC(=O)CNC(=O)C(=O)C(CCC)NC(=O)[C@@H]1C2[C@H](CN1C(=O)[C@@H](NC(=O)OC(C)(C)C)C(C)(C)C)C2(C)C. The van der Waals surface area contributed by atoms with E-state index in [1.165, 1.54) is 11.0 Å². The summed E-state index contributed by atoms with van der Waals surface area (Å²) in [6, 6.07) is -2.99. The third kappa shape index (κ3) is 8.54. The van der Waals surface area contributed by atoms with Crippen LogP contribution in [0.25, 0.3) is 0 Å². The first-order valence-electron chi connectivity index (χ1n) is 14.6. The fourth-order valence-electron chi connectivity index (χ4n) is 5.52. The summed E-state index contributed by atoms with van der Waals surface area (Å²) in [6.07, 6.45) is 1.45. The van der Waals surface area contributed by atoms with Crippen LogP contribution in [0, 0.1) is 22.7 Å². The second-order valence-electron chi connectivity index (χ2n) is 13.8. The Bertz CT molecular complexity index is 1090. The highest BCUT2D eigenvalue weighted by atomic mass is 16.6. The van der Waals surface area contributed by atoms with Crippen LogP contribution >= 0.6 is 0 Å². The van der Waals surface area contributed by atoms with Gasteiger partial charge in [-0.05, 0) is 49.9 Å². The molecule has 0 aromatic rings. The van der Waals surface area contributed by atoms with Crippen molar-refractivity contribution in [1.29, 1.82) is 0 Å². The summed E-state index contributed by atoms with van der Waals surface area (Å²) in [5.41, 5.74) is -1.66. The smallest absolute Gasteiger partial charge is 0.408 e. The lowest BCUT2D eigenvalue weighted by Crippen LogP contribution is -2.60. The van der Waals surface area contributed by atoms with Crippen LogP contribution < -0.4 is 21.3 Å². The molecule has 42 heavy (non-hydrogen) atoms. The number of ketones is 1. The number of carbonyl (C=O) groups excluding carboxylic acids is 6. The number of likely N-dealkylation sites (tertiary alicyclic amines) is 1. The van der Waals surface area contributed by atoms with Gasteiger partial charge in [-0.1, -0.05) is 54.0 Å². The fraction of sp³-hybridized carbons (Fsp3) is 0.733. The number of hydrogen-bond acceptors (Lipinski definition) is 7. The molecule has 0 spiro atoms. The van der Waals surface area contributed by atoms with Crippen molar-refractivity contribution in [2.45, 2.75) is 98.9 Å². The molecular weight excluding hydrogens is 542 g/mol. The van der Waals surface area contributed by atoms with Crippen LogP contribution in [-0.4, -0.2) is 83.8 Å². The summed E-state index contributed by atoms with van der Waals surface area (Å²) in [4.78, 5) is 79.3. The Balaban J connectivity index is 2.24. The number of hydrogen-bond donors (Lipinski definition) is 4. The first-order chi connectivity index (χ1) is 19.3. The molecular formula is C30H49N5O7. The maximum atomic E-state index is 14.0. The molecule has 1 heterocycles. The lowest BCUT2D eigenvalue weighted by atomic mass is 9.85. The number of piperidine rings is 1. The van der Waals surface area contributed by atoms with E-state index >= 15 is 0 Å². The number of rotatable bonds is 12. The first kappa shape index (κ1) is 34.8. The van der Waals surface area contributed by atoms with E-state index in [-0.39, 0.29) is 30.2 Å². The predicted octanol–water partition coefficient (Wildman–Crippen LogP) is 1.68. The normalized spacial score (nSPS) is 22.1. The van der Waals surface area contributed by atoms with E-state index in [2.05, 4.69) is 27.8 Å². The van der Waals surface area contributed by atoms with Crippen LogP contribution in [0.3, 0.4) is 0 Å². The lowest BCUT2D eigenvalue weighted by Gasteiger charge is -2.38. The second kappa shape index (κ2) is 13.2. The topological polar surface area (TPSA) is 163 Å². The number of nitrogens with zero attached hydrogens (tertiary/aromatic N) is 1. The highest BCUT2D eigenvalue weighted by molar-refractivity contribution is 6.38. The predicted molar refractivity (Wildman–Crippen MR) is 157 cm³/mol. The van der Waals surface area contributed by atoms with Gasteiger partial charge in [-0.25, -0.2) is 4.79 Å². The molecule has 0 aromatic heterocycles. The molecule has 1 aliphatic carbocycles. The minimum atomic E-state index is -1.13. The number of amides is 5. The molecule has 1 aliphatic heterocycles. The standard InChI is InChI=1S/C30H49N5O7/c1-11-13-18(22(37)25(39)32-15-19(36)31-14-12-2)33-24(38)21-20-17(30(20,9)10)16-35(21)26(40)23(28(3,4)5)34-27(41)42-29(6,7)8/h12,17-18,20-21,23H,2,11,13-16H2,1,3-10H3,(H,31,36)(H,32,39)(H,33,38)(H,34,41)/t17-,18?,20?,21-,23+/m0/s1. The maximum absolute atomic E-state index is 14.0. The van der Waals surface area contributed by atoms with Crippen LogP contribution in [0.4, 0.5) is 4.79 Å². The van der Waals surface area contributed by atoms with Crippen molar-refractivity contribution in [3.63, 3.8) is 0 Å². The largest absolute Gasteiger partial charge is 0.444 e. The number of carbonyl (C=O) groups is 6. The zero-order valence-corrected chi connectivity index (χ0v) is 26.5. The molecule has 5 amide bonds. The Morgan fingerprint density at radius 1 is 1.02 bits per heavy atom. The number of ether oxygens (including phenoxy) is 1. The Hall–Kier alpha value is -3.44. The molecule has 12 nitrogen and oxygen atoms in total. The van der Waals surface area contributed by atoms with E-state index in [9.17, 15) is 28.8 Å². The number of Topliss-reactive ketones (excluding diaryl/α,β-unsaturated/α-hetero) is 1. The van der Waals surface area contributed by atoms with E-state index in [1.54, 1.807) is 20.8 Å². The van der Waals surface area contributed by atoms with Crippen LogP contribution in [0.2, 0.25) is 0 Å². The van der Waals surface area contributed by atoms with Gasteiger partial charge < -0.3 is 30.9 Å². The van der Waals surface area contributed by atoms with Crippen molar-refractivity contribution in [3.8, 4) is 0 Å². The van der Waals surface area contributed by atoms with Crippen LogP contribution in [-0.2, 0) is 28.7 Å². The molecule has 12 heteroatoms. The minimum absolute atomic E-state index is 0.0667. The number of fused-ring (bicyclic) bond motifs is 1. The van der Waals surface area contributed by atoms with Crippen LogP contribution in [0.15, 0.2) is 12.7 Å². The lowest BCUT2D eigenvalue weighted by molar-refractivity contribution is -0.145. The van der Waals surface area contributed by atoms with Crippen LogP contribution in [0.5, 0.6) is 0 Å². The van der Waals surface area contributed by atoms with Gasteiger partial charge in [0.2, 0.25) is 23.5 Å². The minimum Gasteiger partial charge on any atom is -0.444 e. The molecule has 2 aliphatic rings. The van der Waals surface area contributed by atoms with Gasteiger partial charge in [0.05, 0.1) is 12.6 Å². The third-order valence-corrected chi connectivity index (χ3v) is 7.82. The van der Waals surface area contributed by atoms with Gasteiger partial charge in [-0.15, -0.1) is 6.58 Å². The molecule has 4 N–H and O–H groups in total. The molecule has 1 saturated heterocycles. The van der Waals surface area contributed by atoms with Crippen molar-refractivity contribution < 1.29 is 33.5 Å². The summed E-state index contributed by atoms with van der Waals surface area (Å²) in [5.74, 6) is -3.37. The van der Waals surface area contributed by atoms with Gasteiger partial charge in [-0.2, -0.15) is 0 Å². The molecule has 0 bridgehead atoms. The monoisotopic (exact) mass is 591 g/mol. The summed E-state index contributed by atoms with van der Waals surface area (Å²) >= 11 is 0. The highest BCUT2D eigenvalue weighted by Gasteiger charge is 2.70. The van der Waals surface area contributed by atoms with E-state index in [0.29, 0.717) is 13.0 Å². The summed E-state index contributed by atoms with van der Waals surface area (Å²) in [7, 11) is 0. The van der Waals surface area contributed by atoms with Crippen molar-refractivity contribution in [3.05, 3.63) is 12.7 Å². The molecule has 2 rings (SSSR count). The van der Waals surface area contributed by atoms with Crippen molar-refractivity contribution in [1.82, 2.24) is 26.2 Å². The van der Waals surface area contributed by atoms with E-state index in [0.717, 1.165) is 0 Å². The molecule has 0 aromatic carbocycles. The van der Waals surface area contributed by atoms with Gasteiger partial charge in [0.1, 0.15) is 17.7 Å². The van der Waals surface area contributed by atoms with Gasteiger partial charge in [0.15, 0.2) is 0 Å². The maximum Gasteiger partial charge on any atom is 0.408 e. The zero-order chi connectivity index (χ0) is 32.2. The molecule has 2 fully saturated rings.